The first-order chi connectivity index (χ1) is 14.4. The van der Waals surface area contributed by atoms with Crippen molar-refractivity contribution in [2.24, 2.45) is 5.41 Å². The van der Waals surface area contributed by atoms with Crippen LogP contribution in [0, 0.1) is 5.41 Å². The van der Waals surface area contributed by atoms with Crippen molar-refractivity contribution in [3.8, 4) is 5.75 Å². The van der Waals surface area contributed by atoms with Gasteiger partial charge in [0.05, 0.1) is 6.33 Å². The lowest BCUT2D eigenvalue weighted by Crippen LogP contribution is -2.42. The quantitative estimate of drug-likeness (QED) is 0.561. The number of imidazole rings is 1. The number of anilines is 1. The third-order valence-corrected chi connectivity index (χ3v) is 4.90. The van der Waals surface area contributed by atoms with E-state index in [9.17, 15) is 4.79 Å². The average Bonchev–Trinajstić information content (AvgIpc) is 3.23. The maximum absolute atomic E-state index is 12.0. The minimum Gasteiger partial charge on any atom is -0.484 e. The summed E-state index contributed by atoms with van der Waals surface area (Å²) in [5, 5.41) is 6.47. The highest BCUT2D eigenvalue weighted by atomic mass is 16.5. The molecule has 0 aliphatic rings. The molecular formula is C24H30N4O2. The van der Waals surface area contributed by atoms with Crippen molar-refractivity contribution in [3.63, 3.8) is 0 Å². The Bertz CT molecular complexity index is 901. The second kappa shape index (κ2) is 10.1. The fraction of sp³-hybridized carbons (Fsp3) is 0.333. The van der Waals surface area contributed by atoms with Gasteiger partial charge in [-0.25, -0.2) is 4.98 Å². The van der Waals surface area contributed by atoms with Crippen LogP contribution in [0.15, 0.2) is 73.3 Å². The second-order valence-electron chi connectivity index (χ2n) is 8.41. The highest BCUT2D eigenvalue weighted by Gasteiger charge is 2.24. The summed E-state index contributed by atoms with van der Waals surface area (Å²) in [6.07, 6.45) is 5.64. The number of aromatic nitrogens is 2. The number of hydrogen-bond donors (Lipinski definition) is 2. The summed E-state index contributed by atoms with van der Waals surface area (Å²) >= 11 is 0. The van der Waals surface area contributed by atoms with Crippen molar-refractivity contribution < 1.29 is 9.53 Å². The first-order valence-corrected chi connectivity index (χ1v) is 10.2. The molecule has 1 amide bonds. The van der Waals surface area contributed by atoms with Crippen LogP contribution < -0.4 is 15.4 Å². The molecule has 2 N–H and O–H groups in total. The SMILES string of the molecule is CC(C)(C)C(Cn1ccnc1)NCc1ccc(OCC(=O)Nc2ccccc2)cc1. The number of benzene rings is 2. The van der Waals surface area contributed by atoms with Crippen LogP contribution in [0.5, 0.6) is 5.75 Å². The molecule has 1 heterocycles. The standard InChI is InChI=1S/C24H30N4O2/c1-24(2,3)22(16-28-14-13-25-18-28)26-15-19-9-11-21(12-10-19)30-17-23(29)27-20-7-5-4-6-8-20/h4-14,18,22,26H,15-17H2,1-3H3,(H,27,29). The Balaban J connectivity index is 1.48. The fourth-order valence-electron chi connectivity index (χ4n) is 3.06. The first-order valence-electron chi connectivity index (χ1n) is 10.2. The van der Waals surface area contributed by atoms with Gasteiger partial charge >= 0.3 is 0 Å². The number of ether oxygens (including phenoxy) is 1. The molecule has 3 aromatic rings. The highest BCUT2D eigenvalue weighted by Crippen LogP contribution is 2.21. The molecule has 0 aliphatic carbocycles. The average molecular weight is 407 g/mol. The lowest BCUT2D eigenvalue weighted by molar-refractivity contribution is -0.118. The van der Waals surface area contributed by atoms with E-state index in [2.05, 4.69) is 41.0 Å². The van der Waals surface area contributed by atoms with Gasteiger partial charge in [-0.2, -0.15) is 0 Å². The molecule has 0 spiro atoms. The first kappa shape index (κ1) is 21.6. The Morgan fingerprint density at radius 2 is 1.83 bits per heavy atom. The molecule has 3 rings (SSSR count). The Morgan fingerprint density at radius 3 is 2.47 bits per heavy atom. The fourth-order valence-corrected chi connectivity index (χ4v) is 3.06. The van der Waals surface area contributed by atoms with Crippen molar-refractivity contribution in [1.82, 2.24) is 14.9 Å². The molecule has 6 nitrogen and oxygen atoms in total. The molecule has 0 fully saturated rings. The van der Waals surface area contributed by atoms with Gasteiger partial charge in [0.1, 0.15) is 5.75 Å². The number of hydrogen-bond acceptors (Lipinski definition) is 4. The molecule has 0 bridgehead atoms. The predicted molar refractivity (Wildman–Crippen MR) is 119 cm³/mol. The van der Waals surface area contributed by atoms with Crippen molar-refractivity contribution in [2.75, 3.05) is 11.9 Å². The molecule has 0 saturated heterocycles. The number of rotatable bonds is 9. The van der Waals surface area contributed by atoms with Gasteiger partial charge in [-0.15, -0.1) is 0 Å². The van der Waals surface area contributed by atoms with Gasteiger partial charge in [0, 0.05) is 37.2 Å². The molecule has 158 valence electrons. The van der Waals surface area contributed by atoms with E-state index >= 15 is 0 Å². The van der Waals surface area contributed by atoms with Gasteiger partial charge in [0.25, 0.3) is 5.91 Å². The van der Waals surface area contributed by atoms with Crippen LogP contribution in [-0.4, -0.2) is 28.1 Å². The van der Waals surface area contributed by atoms with Crippen LogP contribution in [0.2, 0.25) is 0 Å². The van der Waals surface area contributed by atoms with Crippen LogP contribution in [-0.2, 0) is 17.9 Å². The van der Waals surface area contributed by atoms with Crippen LogP contribution in [0.1, 0.15) is 26.3 Å². The van der Waals surface area contributed by atoms with E-state index in [1.165, 1.54) is 0 Å². The molecule has 30 heavy (non-hydrogen) atoms. The molecule has 0 aliphatic heterocycles. The van der Waals surface area contributed by atoms with E-state index < -0.39 is 0 Å². The third kappa shape index (κ3) is 6.74. The predicted octanol–water partition coefficient (Wildman–Crippen LogP) is 4.11. The van der Waals surface area contributed by atoms with Crippen LogP contribution in [0.25, 0.3) is 0 Å². The Kier molecular flexibility index (Phi) is 7.25. The summed E-state index contributed by atoms with van der Waals surface area (Å²) in [5.74, 6) is 0.493. The Morgan fingerprint density at radius 1 is 1.10 bits per heavy atom. The minimum absolute atomic E-state index is 0.0243. The molecular weight excluding hydrogens is 376 g/mol. The number of para-hydroxylation sites is 1. The van der Waals surface area contributed by atoms with Gasteiger partial charge in [-0.1, -0.05) is 51.1 Å². The summed E-state index contributed by atoms with van der Waals surface area (Å²) in [7, 11) is 0. The van der Waals surface area contributed by atoms with E-state index in [-0.39, 0.29) is 17.9 Å². The molecule has 1 atom stereocenters. The molecule has 0 saturated carbocycles. The number of amides is 1. The van der Waals surface area contributed by atoms with Crippen LogP contribution in [0.4, 0.5) is 5.69 Å². The Hall–Kier alpha value is -3.12. The van der Waals surface area contributed by atoms with Crippen molar-refractivity contribution in [3.05, 3.63) is 78.9 Å². The summed E-state index contributed by atoms with van der Waals surface area (Å²) in [6.45, 7) is 8.30. The van der Waals surface area contributed by atoms with Crippen LogP contribution >= 0.6 is 0 Å². The summed E-state index contributed by atoms with van der Waals surface area (Å²) < 4.78 is 7.70. The van der Waals surface area contributed by atoms with E-state index in [0.717, 1.165) is 24.3 Å². The van der Waals surface area contributed by atoms with Crippen molar-refractivity contribution >= 4 is 11.6 Å². The van der Waals surface area contributed by atoms with Gasteiger partial charge < -0.3 is 19.9 Å². The summed E-state index contributed by atoms with van der Waals surface area (Å²) in [4.78, 5) is 16.1. The zero-order valence-corrected chi connectivity index (χ0v) is 17.8. The maximum atomic E-state index is 12.0. The lowest BCUT2D eigenvalue weighted by Gasteiger charge is -2.32. The largest absolute Gasteiger partial charge is 0.484 e. The molecule has 6 heteroatoms. The molecule has 1 aromatic heterocycles. The van der Waals surface area contributed by atoms with E-state index in [1.54, 1.807) is 6.20 Å². The van der Waals surface area contributed by atoms with Gasteiger partial charge in [0.2, 0.25) is 0 Å². The Labute approximate surface area is 178 Å². The van der Waals surface area contributed by atoms with E-state index in [1.807, 2.05) is 67.1 Å². The highest BCUT2D eigenvalue weighted by molar-refractivity contribution is 5.91. The number of nitrogens with one attached hydrogen (secondary N) is 2. The van der Waals surface area contributed by atoms with Crippen molar-refractivity contribution in [1.29, 1.82) is 0 Å². The van der Waals surface area contributed by atoms with Gasteiger partial charge in [-0.3, -0.25) is 4.79 Å². The zero-order chi connectivity index (χ0) is 21.4. The number of carbonyl (C=O) groups is 1. The number of carbonyl (C=O) groups excluding carboxylic acids is 1. The monoisotopic (exact) mass is 406 g/mol. The smallest absolute Gasteiger partial charge is 0.262 e. The summed E-state index contributed by atoms with van der Waals surface area (Å²) in [6, 6.07) is 17.5. The van der Waals surface area contributed by atoms with Gasteiger partial charge in [-0.05, 0) is 35.2 Å². The molecule has 2 aromatic carbocycles. The third-order valence-electron chi connectivity index (χ3n) is 4.90. The topological polar surface area (TPSA) is 68.2 Å². The zero-order valence-electron chi connectivity index (χ0n) is 17.8. The molecule has 1 unspecified atom stereocenters. The normalized spacial score (nSPS) is 12.4. The minimum atomic E-state index is -0.181. The van der Waals surface area contributed by atoms with Crippen molar-refractivity contribution in [2.45, 2.75) is 39.9 Å². The number of nitrogens with zero attached hydrogens (tertiary/aromatic N) is 2. The summed E-state index contributed by atoms with van der Waals surface area (Å²) in [5.41, 5.74) is 2.03. The van der Waals surface area contributed by atoms with Gasteiger partial charge in [0.15, 0.2) is 6.61 Å². The second-order valence-corrected chi connectivity index (χ2v) is 8.41. The van der Waals surface area contributed by atoms with E-state index in [4.69, 9.17) is 4.74 Å². The van der Waals surface area contributed by atoms with Crippen LogP contribution in [0.3, 0.4) is 0 Å². The lowest BCUT2D eigenvalue weighted by atomic mass is 9.86. The molecule has 0 radical (unpaired) electrons. The maximum Gasteiger partial charge on any atom is 0.262 e. The van der Waals surface area contributed by atoms with E-state index in [0.29, 0.717) is 11.8 Å².